The van der Waals surface area contributed by atoms with Crippen LogP contribution in [-0.2, 0) is 11.3 Å². The highest BCUT2D eigenvalue weighted by atomic mass is 16.5. The smallest absolute Gasteiger partial charge is 0.308 e. The first-order chi connectivity index (χ1) is 11.7. The normalized spacial score (nSPS) is 10.2. The topological polar surface area (TPSA) is 80.8 Å². The minimum absolute atomic E-state index is 0.382. The maximum atomic E-state index is 11.2. The predicted molar refractivity (Wildman–Crippen MR) is 87.0 cm³/mol. The second-order valence-electron chi connectivity index (χ2n) is 5.20. The van der Waals surface area contributed by atoms with Gasteiger partial charge in [-0.25, -0.2) is 4.68 Å². The van der Waals surface area contributed by atoms with Gasteiger partial charge in [-0.1, -0.05) is 29.5 Å². The highest BCUT2D eigenvalue weighted by molar-refractivity contribution is 5.74. The molecule has 0 saturated carbocycles. The monoisotopic (exact) mass is 318 g/mol. The number of carbonyl (C=O) groups is 1. The second kappa shape index (κ2) is 6.75. The van der Waals surface area contributed by atoms with Gasteiger partial charge in [0, 0.05) is 12.5 Å². The molecule has 1 heterocycles. The summed E-state index contributed by atoms with van der Waals surface area (Å²) < 4.78 is 6.90. The molecule has 3 aromatic rings. The van der Waals surface area contributed by atoms with Crippen LogP contribution in [-0.4, -0.2) is 21.0 Å². The summed E-state index contributed by atoms with van der Waals surface area (Å²) in [6.45, 7) is 1.90. The number of nitriles is 1. The quantitative estimate of drug-likeness (QED) is 0.546. The molecule has 0 saturated heterocycles. The Kier molecular flexibility index (Phi) is 4.34. The lowest BCUT2D eigenvalue weighted by molar-refractivity contribution is -0.131. The predicted octanol–water partition coefficient (Wildman–Crippen LogP) is 2.79. The second-order valence-corrected chi connectivity index (χ2v) is 5.20. The van der Waals surface area contributed by atoms with Crippen LogP contribution in [0.4, 0.5) is 0 Å². The Labute approximate surface area is 138 Å². The van der Waals surface area contributed by atoms with Crippen molar-refractivity contribution in [2.75, 3.05) is 0 Å². The number of para-hydroxylation sites is 1. The number of hydrogen-bond acceptors (Lipinski definition) is 5. The van der Waals surface area contributed by atoms with Crippen LogP contribution >= 0.6 is 0 Å². The van der Waals surface area contributed by atoms with Gasteiger partial charge in [0.2, 0.25) is 0 Å². The molecule has 0 atom stereocenters. The number of benzene rings is 2. The van der Waals surface area contributed by atoms with Gasteiger partial charge in [0.15, 0.2) is 0 Å². The molecule has 0 spiro atoms. The minimum Gasteiger partial charge on any atom is -0.426 e. The van der Waals surface area contributed by atoms with Crippen LogP contribution in [0.3, 0.4) is 0 Å². The van der Waals surface area contributed by atoms with Crippen LogP contribution in [0.2, 0.25) is 0 Å². The van der Waals surface area contributed by atoms with E-state index < -0.39 is 0 Å². The van der Waals surface area contributed by atoms with E-state index in [1.807, 2.05) is 24.3 Å². The molecule has 0 unspecified atom stereocenters. The molecule has 1 aromatic heterocycles. The average Bonchev–Trinajstić information content (AvgIpc) is 3.04. The van der Waals surface area contributed by atoms with Crippen molar-refractivity contribution in [2.24, 2.45) is 0 Å². The van der Waals surface area contributed by atoms with Gasteiger partial charge in [0.05, 0.1) is 24.4 Å². The molecule has 118 valence electrons. The summed E-state index contributed by atoms with van der Waals surface area (Å²) in [6.07, 6.45) is 1.79. The number of hydrogen-bond donors (Lipinski definition) is 0. The van der Waals surface area contributed by atoms with Gasteiger partial charge < -0.3 is 4.74 Å². The Hall–Kier alpha value is -3.46. The fraction of sp³-hybridized carbons (Fsp3) is 0.111. The standard InChI is InChI=1S/C18H14N4O2/c1-13(23)24-18-5-3-2-4-16(18)17-12-22(21-20-17)11-15-8-6-14(10-19)7-9-15/h2-9,12H,11H2,1H3. The van der Waals surface area contributed by atoms with E-state index in [0.29, 0.717) is 29.1 Å². The van der Waals surface area contributed by atoms with E-state index in [2.05, 4.69) is 16.4 Å². The van der Waals surface area contributed by atoms with E-state index in [-0.39, 0.29) is 5.97 Å². The number of nitrogens with zero attached hydrogens (tertiary/aromatic N) is 4. The molecule has 0 aliphatic heterocycles. The van der Waals surface area contributed by atoms with Crippen LogP contribution in [0.25, 0.3) is 11.3 Å². The first-order valence-electron chi connectivity index (χ1n) is 7.32. The van der Waals surface area contributed by atoms with Crippen molar-refractivity contribution in [1.29, 1.82) is 5.26 Å². The van der Waals surface area contributed by atoms with Crippen molar-refractivity contribution < 1.29 is 9.53 Å². The zero-order valence-electron chi connectivity index (χ0n) is 13.0. The third kappa shape index (κ3) is 3.47. The molecular formula is C18H14N4O2. The largest absolute Gasteiger partial charge is 0.426 e. The molecule has 2 aromatic carbocycles. The van der Waals surface area contributed by atoms with Gasteiger partial charge in [-0.05, 0) is 29.8 Å². The van der Waals surface area contributed by atoms with Gasteiger partial charge in [-0.15, -0.1) is 5.10 Å². The van der Waals surface area contributed by atoms with Crippen molar-refractivity contribution >= 4 is 5.97 Å². The van der Waals surface area contributed by atoms with Gasteiger partial charge in [-0.3, -0.25) is 4.79 Å². The van der Waals surface area contributed by atoms with Crippen molar-refractivity contribution in [2.45, 2.75) is 13.5 Å². The molecule has 0 amide bonds. The van der Waals surface area contributed by atoms with Crippen LogP contribution in [0.1, 0.15) is 18.1 Å². The Morgan fingerprint density at radius 2 is 1.96 bits per heavy atom. The summed E-state index contributed by atoms with van der Waals surface area (Å²) in [5.74, 6) is 0.0721. The third-order valence-electron chi connectivity index (χ3n) is 3.38. The van der Waals surface area contributed by atoms with E-state index in [1.165, 1.54) is 6.92 Å². The molecule has 0 aliphatic rings. The Morgan fingerprint density at radius 3 is 2.67 bits per heavy atom. The molecule has 0 N–H and O–H groups in total. The lowest BCUT2D eigenvalue weighted by atomic mass is 10.1. The molecule has 0 aliphatic carbocycles. The number of aromatic nitrogens is 3. The number of esters is 1. The van der Waals surface area contributed by atoms with E-state index in [9.17, 15) is 4.79 Å². The Bertz CT molecular complexity index is 907. The zero-order valence-corrected chi connectivity index (χ0v) is 13.0. The first-order valence-corrected chi connectivity index (χ1v) is 7.32. The van der Waals surface area contributed by atoms with Crippen molar-refractivity contribution in [3.8, 4) is 23.1 Å². The Morgan fingerprint density at radius 1 is 1.21 bits per heavy atom. The molecule has 6 nitrogen and oxygen atoms in total. The fourth-order valence-electron chi connectivity index (χ4n) is 2.29. The summed E-state index contributed by atoms with van der Waals surface area (Å²) >= 11 is 0. The van der Waals surface area contributed by atoms with Gasteiger partial charge in [0.25, 0.3) is 0 Å². The highest BCUT2D eigenvalue weighted by Gasteiger charge is 2.11. The minimum atomic E-state index is -0.382. The molecule has 6 heteroatoms. The highest BCUT2D eigenvalue weighted by Crippen LogP contribution is 2.28. The van der Waals surface area contributed by atoms with Crippen molar-refractivity contribution in [1.82, 2.24) is 15.0 Å². The summed E-state index contributed by atoms with van der Waals surface area (Å²) in [5.41, 5.74) is 2.96. The average molecular weight is 318 g/mol. The van der Waals surface area contributed by atoms with E-state index in [0.717, 1.165) is 5.56 Å². The number of carbonyl (C=O) groups excluding carboxylic acids is 1. The van der Waals surface area contributed by atoms with Gasteiger partial charge in [0.1, 0.15) is 11.4 Å². The molecule has 0 radical (unpaired) electrons. The molecular weight excluding hydrogens is 304 g/mol. The maximum Gasteiger partial charge on any atom is 0.308 e. The van der Waals surface area contributed by atoms with E-state index in [4.69, 9.17) is 10.00 Å². The fourth-order valence-corrected chi connectivity index (χ4v) is 2.29. The van der Waals surface area contributed by atoms with Crippen LogP contribution in [0.15, 0.2) is 54.7 Å². The summed E-state index contributed by atoms with van der Waals surface area (Å²) in [5, 5.41) is 17.1. The number of rotatable bonds is 4. The maximum absolute atomic E-state index is 11.2. The van der Waals surface area contributed by atoms with Crippen LogP contribution < -0.4 is 4.74 Å². The summed E-state index contributed by atoms with van der Waals surface area (Å²) in [7, 11) is 0. The van der Waals surface area contributed by atoms with Crippen LogP contribution in [0.5, 0.6) is 5.75 Å². The molecule has 0 fully saturated rings. The lowest BCUT2D eigenvalue weighted by Gasteiger charge is -2.05. The van der Waals surface area contributed by atoms with Gasteiger partial charge >= 0.3 is 5.97 Å². The zero-order chi connectivity index (χ0) is 16.9. The van der Waals surface area contributed by atoms with E-state index >= 15 is 0 Å². The van der Waals surface area contributed by atoms with Crippen molar-refractivity contribution in [3.05, 3.63) is 65.9 Å². The summed E-state index contributed by atoms with van der Waals surface area (Å²) in [4.78, 5) is 11.2. The molecule has 0 bridgehead atoms. The Balaban J connectivity index is 1.83. The SMILES string of the molecule is CC(=O)Oc1ccccc1-c1cn(Cc2ccc(C#N)cc2)nn1. The van der Waals surface area contributed by atoms with Crippen LogP contribution in [0, 0.1) is 11.3 Å². The lowest BCUT2D eigenvalue weighted by Crippen LogP contribution is -2.02. The molecule has 24 heavy (non-hydrogen) atoms. The first kappa shape index (κ1) is 15.4. The van der Waals surface area contributed by atoms with Gasteiger partial charge in [-0.2, -0.15) is 5.26 Å². The summed E-state index contributed by atoms with van der Waals surface area (Å²) in [6, 6.07) is 16.6. The third-order valence-corrected chi connectivity index (χ3v) is 3.38. The number of ether oxygens (including phenoxy) is 1. The van der Waals surface area contributed by atoms with Crippen molar-refractivity contribution in [3.63, 3.8) is 0 Å². The van der Waals surface area contributed by atoms with E-state index in [1.54, 1.807) is 35.1 Å². The molecule has 3 rings (SSSR count).